The Kier molecular flexibility index (Phi) is 1.42. The zero-order valence-corrected chi connectivity index (χ0v) is 6.70. The van der Waals surface area contributed by atoms with Crippen molar-refractivity contribution in [3.05, 3.63) is 0 Å². The molecule has 2 aliphatic rings. The maximum atomic E-state index is 6.02. The van der Waals surface area contributed by atoms with Crippen molar-refractivity contribution in [2.24, 2.45) is 11.8 Å². The molecule has 2 bridgehead atoms. The summed E-state index contributed by atoms with van der Waals surface area (Å²) < 4.78 is 0. The Balaban J connectivity index is 2.10. The molecule has 2 fully saturated rings. The Morgan fingerprint density at radius 1 is 0.778 bits per heavy atom. The second-order valence-electron chi connectivity index (χ2n) is 3.26. The fraction of sp³-hybridized carbons (Fsp3) is 1.00. The molecule has 0 unspecified atom stereocenters. The summed E-state index contributed by atoms with van der Waals surface area (Å²) in [5.74, 6) is 1.50. The third-order valence-electron chi connectivity index (χ3n) is 2.68. The molecule has 0 radical (unpaired) electrons. The smallest absolute Gasteiger partial charge is 0.0368 e. The van der Waals surface area contributed by atoms with Crippen molar-refractivity contribution >= 4 is 23.2 Å². The van der Waals surface area contributed by atoms with Crippen molar-refractivity contribution in [1.82, 2.24) is 0 Å². The topological polar surface area (TPSA) is 0 Å². The van der Waals surface area contributed by atoms with E-state index in [1.165, 1.54) is 19.3 Å². The van der Waals surface area contributed by atoms with E-state index in [1.54, 1.807) is 0 Å². The van der Waals surface area contributed by atoms with Gasteiger partial charge in [0.25, 0.3) is 0 Å². The van der Waals surface area contributed by atoms with Crippen LogP contribution in [0.15, 0.2) is 0 Å². The number of hydrogen-bond donors (Lipinski definition) is 0. The van der Waals surface area contributed by atoms with Crippen molar-refractivity contribution < 1.29 is 0 Å². The van der Waals surface area contributed by atoms with E-state index in [2.05, 4.69) is 0 Å². The van der Waals surface area contributed by atoms with E-state index in [0.717, 1.165) is 11.8 Å². The van der Waals surface area contributed by atoms with Crippen molar-refractivity contribution in [3.63, 3.8) is 0 Å². The molecule has 0 heterocycles. The highest BCUT2D eigenvalue weighted by Gasteiger charge is 2.43. The second kappa shape index (κ2) is 2.03. The molecule has 2 rings (SSSR count). The molecule has 4 atom stereocenters. The Bertz CT molecular complexity index is 106. The molecule has 2 saturated carbocycles. The quantitative estimate of drug-likeness (QED) is 0.484. The number of rotatable bonds is 0. The first-order valence-corrected chi connectivity index (χ1v) is 4.43. The average Bonchev–Trinajstić information content (AvgIpc) is 2.24. The van der Waals surface area contributed by atoms with Crippen LogP contribution < -0.4 is 0 Å². The van der Waals surface area contributed by atoms with E-state index >= 15 is 0 Å². The lowest BCUT2D eigenvalue weighted by molar-refractivity contribution is 0.494. The van der Waals surface area contributed by atoms with Gasteiger partial charge in [-0.15, -0.1) is 23.2 Å². The maximum absolute atomic E-state index is 6.02. The Labute approximate surface area is 65.5 Å². The molecule has 2 aliphatic carbocycles. The van der Waals surface area contributed by atoms with E-state index in [0.29, 0.717) is 10.8 Å². The minimum Gasteiger partial charge on any atom is -0.123 e. The molecule has 0 aromatic heterocycles. The van der Waals surface area contributed by atoms with E-state index in [9.17, 15) is 0 Å². The number of alkyl halides is 2. The van der Waals surface area contributed by atoms with Crippen LogP contribution in [0.3, 0.4) is 0 Å². The molecular formula is C7H10Cl2. The third kappa shape index (κ3) is 0.877. The largest absolute Gasteiger partial charge is 0.123 e. The molecule has 0 aromatic carbocycles. The average molecular weight is 165 g/mol. The van der Waals surface area contributed by atoms with Gasteiger partial charge in [-0.25, -0.2) is 0 Å². The third-order valence-corrected chi connectivity index (χ3v) is 3.75. The minimum atomic E-state index is 0.449. The normalized spacial score (nSPS) is 56.7. The van der Waals surface area contributed by atoms with Crippen LogP contribution in [-0.2, 0) is 0 Å². The van der Waals surface area contributed by atoms with Gasteiger partial charge in [-0.3, -0.25) is 0 Å². The Morgan fingerprint density at radius 2 is 1.22 bits per heavy atom. The molecule has 0 N–H and O–H groups in total. The van der Waals surface area contributed by atoms with Crippen molar-refractivity contribution in [2.75, 3.05) is 0 Å². The lowest BCUT2D eigenvalue weighted by atomic mass is 10.00. The van der Waals surface area contributed by atoms with Gasteiger partial charge in [-0.1, -0.05) is 0 Å². The van der Waals surface area contributed by atoms with Gasteiger partial charge in [0.2, 0.25) is 0 Å². The molecule has 52 valence electrons. The number of halogens is 2. The van der Waals surface area contributed by atoms with E-state index in [-0.39, 0.29) is 0 Å². The van der Waals surface area contributed by atoms with E-state index in [1.807, 2.05) is 0 Å². The predicted molar refractivity (Wildman–Crippen MR) is 40.1 cm³/mol. The first-order chi connectivity index (χ1) is 4.27. The number of hydrogen-bond acceptors (Lipinski definition) is 0. The van der Waals surface area contributed by atoms with Crippen molar-refractivity contribution in [2.45, 2.75) is 30.0 Å². The maximum Gasteiger partial charge on any atom is 0.0368 e. The minimum absolute atomic E-state index is 0.449. The lowest BCUT2D eigenvalue weighted by Gasteiger charge is -2.18. The van der Waals surface area contributed by atoms with Crippen LogP contribution in [0.1, 0.15) is 19.3 Å². The summed E-state index contributed by atoms with van der Waals surface area (Å²) in [5, 5.41) is 0.898. The van der Waals surface area contributed by atoms with Gasteiger partial charge in [0.15, 0.2) is 0 Å². The summed E-state index contributed by atoms with van der Waals surface area (Å²) in [6, 6.07) is 0. The molecule has 0 spiro atoms. The first kappa shape index (κ1) is 6.30. The summed E-state index contributed by atoms with van der Waals surface area (Å²) >= 11 is 12.0. The van der Waals surface area contributed by atoms with Gasteiger partial charge in [-0.05, 0) is 31.1 Å². The fourth-order valence-corrected chi connectivity index (χ4v) is 3.00. The highest BCUT2D eigenvalue weighted by Crippen LogP contribution is 2.49. The molecule has 0 saturated heterocycles. The summed E-state index contributed by atoms with van der Waals surface area (Å²) in [5.41, 5.74) is 0. The predicted octanol–water partition coefficient (Wildman–Crippen LogP) is 2.63. The molecule has 0 amide bonds. The van der Waals surface area contributed by atoms with Crippen LogP contribution in [0.2, 0.25) is 0 Å². The van der Waals surface area contributed by atoms with E-state index in [4.69, 9.17) is 23.2 Å². The van der Waals surface area contributed by atoms with Gasteiger partial charge in [-0.2, -0.15) is 0 Å². The molecule has 0 aliphatic heterocycles. The second-order valence-corrected chi connectivity index (χ2v) is 4.38. The van der Waals surface area contributed by atoms with Gasteiger partial charge >= 0.3 is 0 Å². The zero-order valence-electron chi connectivity index (χ0n) is 5.19. The number of fused-ring (bicyclic) bond motifs is 2. The van der Waals surface area contributed by atoms with Crippen LogP contribution in [-0.4, -0.2) is 10.8 Å². The van der Waals surface area contributed by atoms with Crippen molar-refractivity contribution in [1.29, 1.82) is 0 Å². The Hall–Kier alpha value is 0.580. The van der Waals surface area contributed by atoms with Gasteiger partial charge in [0.1, 0.15) is 0 Å². The lowest BCUT2D eigenvalue weighted by Crippen LogP contribution is -2.17. The van der Waals surface area contributed by atoms with Crippen LogP contribution >= 0.6 is 23.2 Å². The Morgan fingerprint density at radius 3 is 1.44 bits per heavy atom. The monoisotopic (exact) mass is 164 g/mol. The molecule has 9 heavy (non-hydrogen) atoms. The van der Waals surface area contributed by atoms with Gasteiger partial charge in [0, 0.05) is 10.8 Å². The zero-order chi connectivity index (χ0) is 6.43. The highest BCUT2D eigenvalue weighted by atomic mass is 35.5. The molecule has 0 nitrogen and oxygen atoms in total. The molecular weight excluding hydrogens is 155 g/mol. The summed E-state index contributed by atoms with van der Waals surface area (Å²) in [6.07, 6.45) is 3.63. The van der Waals surface area contributed by atoms with Crippen LogP contribution in [0.4, 0.5) is 0 Å². The highest BCUT2D eigenvalue weighted by molar-refractivity contribution is 6.23. The standard InChI is InChI=1S/C7H10Cl2/c8-6-2-4-1-5(6)3-7(4)9/h4-7H,1-3H2/t4-,5-,6+,7+/m0/s1. The summed E-state index contributed by atoms with van der Waals surface area (Å²) in [7, 11) is 0. The first-order valence-electron chi connectivity index (χ1n) is 3.55. The van der Waals surface area contributed by atoms with Gasteiger partial charge < -0.3 is 0 Å². The van der Waals surface area contributed by atoms with E-state index < -0.39 is 0 Å². The van der Waals surface area contributed by atoms with Crippen molar-refractivity contribution in [3.8, 4) is 0 Å². The summed E-state index contributed by atoms with van der Waals surface area (Å²) in [6.45, 7) is 0. The molecule has 2 heteroatoms. The fourth-order valence-electron chi connectivity index (χ4n) is 2.14. The van der Waals surface area contributed by atoms with Crippen LogP contribution in [0, 0.1) is 11.8 Å². The van der Waals surface area contributed by atoms with Gasteiger partial charge in [0.05, 0.1) is 0 Å². The summed E-state index contributed by atoms with van der Waals surface area (Å²) in [4.78, 5) is 0. The van der Waals surface area contributed by atoms with Crippen LogP contribution in [0.5, 0.6) is 0 Å². The molecule has 0 aromatic rings. The van der Waals surface area contributed by atoms with Crippen LogP contribution in [0.25, 0.3) is 0 Å². The SMILES string of the molecule is Cl[C@@H]1C[C@@H]2C[C@H]1C[C@H]2Cl.